The zero-order chi connectivity index (χ0) is 16.4. The molecule has 1 aromatic rings. The van der Waals surface area contributed by atoms with Crippen LogP contribution in [0.4, 0.5) is 4.39 Å². The number of nitrogens with zero attached hydrogens (tertiary/aromatic N) is 1. The fraction of sp³-hybridized carbons (Fsp3) is 0.533. The molecule has 2 N–H and O–H groups in total. The van der Waals surface area contributed by atoms with Crippen molar-refractivity contribution in [2.75, 3.05) is 31.6 Å². The number of hydrogen-bond donors (Lipinski definition) is 2. The van der Waals surface area contributed by atoms with Crippen LogP contribution in [-0.4, -0.2) is 46.0 Å². The van der Waals surface area contributed by atoms with Gasteiger partial charge in [0, 0.05) is 25.9 Å². The number of aliphatic imine (C=N–C) groups is 1. The minimum absolute atomic E-state index is 0. The van der Waals surface area contributed by atoms with Gasteiger partial charge in [0.05, 0.1) is 5.75 Å². The first-order valence-electron chi connectivity index (χ1n) is 7.35. The molecule has 0 aliphatic carbocycles. The molecule has 0 saturated carbocycles. The van der Waals surface area contributed by atoms with Gasteiger partial charge in [-0.2, -0.15) is 0 Å². The molecule has 0 amide bonds. The minimum Gasteiger partial charge on any atom is -0.357 e. The van der Waals surface area contributed by atoms with Crippen LogP contribution in [0, 0.1) is 5.82 Å². The molecule has 0 saturated heterocycles. The monoisotopic (exact) mass is 457 g/mol. The van der Waals surface area contributed by atoms with Crippen LogP contribution in [0.1, 0.15) is 18.9 Å². The van der Waals surface area contributed by atoms with Crippen molar-refractivity contribution in [1.29, 1.82) is 0 Å². The summed E-state index contributed by atoms with van der Waals surface area (Å²) in [6.07, 6.45) is 2.49. The molecule has 8 heteroatoms. The van der Waals surface area contributed by atoms with E-state index in [-0.39, 0.29) is 35.5 Å². The molecule has 0 aromatic heterocycles. The minimum atomic E-state index is -2.93. The quantitative estimate of drug-likeness (QED) is 0.271. The molecular formula is C15H25FIN3O2S. The lowest BCUT2D eigenvalue weighted by molar-refractivity contribution is 0.599. The van der Waals surface area contributed by atoms with Gasteiger partial charge >= 0.3 is 0 Å². The molecular weight excluding hydrogens is 432 g/mol. The highest BCUT2D eigenvalue weighted by atomic mass is 127. The number of nitrogens with one attached hydrogen (secondary N) is 2. The number of hydrogen-bond acceptors (Lipinski definition) is 3. The van der Waals surface area contributed by atoms with Crippen molar-refractivity contribution in [3.8, 4) is 0 Å². The van der Waals surface area contributed by atoms with E-state index in [1.165, 1.54) is 18.4 Å². The van der Waals surface area contributed by atoms with Crippen LogP contribution in [0.2, 0.25) is 0 Å². The molecule has 1 aromatic carbocycles. The van der Waals surface area contributed by atoms with Crippen LogP contribution < -0.4 is 10.6 Å². The Morgan fingerprint density at radius 1 is 1.22 bits per heavy atom. The van der Waals surface area contributed by atoms with Gasteiger partial charge in [-0.3, -0.25) is 4.99 Å². The van der Waals surface area contributed by atoms with Gasteiger partial charge in [0.1, 0.15) is 15.7 Å². The smallest absolute Gasteiger partial charge is 0.191 e. The largest absolute Gasteiger partial charge is 0.357 e. The van der Waals surface area contributed by atoms with Gasteiger partial charge in [-0.15, -0.1) is 24.0 Å². The molecule has 0 fully saturated rings. The van der Waals surface area contributed by atoms with Crippen molar-refractivity contribution >= 4 is 39.8 Å². The van der Waals surface area contributed by atoms with E-state index >= 15 is 0 Å². The van der Waals surface area contributed by atoms with Crippen molar-refractivity contribution in [2.24, 2.45) is 4.99 Å². The summed E-state index contributed by atoms with van der Waals surface area (Å²) in [5.74, 6) is 0.571. The fourth-order valence-corrected chi connectivity index (χ4v) is 2.49. The molecule has 0 spiro atoms. The number of rotatable bonds is 8. The van der Waals surface area contributed by atoms with Crippen LogP contribution in [-0.2, 0) is 16.3 Å². The van der Waals surface area contributed by atoms with E-state index < -0.39 is 9.84 Å². The van der Waals surface area contributed by atoms with Crippen molar-refractivity contribution in [3.63, 3.8) is 0 Å². The summed E-state index contributed by atoms with van der Waals surface area (Å²) >= 11 is 0. The second-order valence-electron chi connectivity index (χ2n) is 5.05. The molecule has 0 radical (unpaired) electrons. The third-order valence-corrected chi connectivity index (χ3v) is 3.94. The van der Waals surface area contributed by atoms with Crippen LogP contribution in [0.15, 0.2) is 29.3 Å². The highest BCUT2D eigenvalue weighted by Gasteiger charge is 2.02. The van der Waals surface area contributed by atoms with Crippen molar-refractivity contribution < 1.29 is 12.8 Å². The average molecular weight is 457 g/mol. The molecule has 0 aliphatic heterocycles. The van der Waals surface area contributed by atoms with E-state index in [1.54, 1.807) is 12.1 Å². The molecule has 1 rings (SSSR count). The van der Waals surface area contributed by atoms with Crippen molar-refractivity contribution in [3.05, 3.63) is 35.6 Å². The van der Waals surface area contributed by atoms with Gasteiger partial charge in [0.2, 0.25) is 0 Å². The summed E-state index contributed by atoms with van der Waals surface area (Å²) in [5, 5.41) is 6.28. The zero-order valence-corrected chi connectivity index (χ0v) is 16.7. The molecule has 0 unspecified atom stereocenters. The third-order valence-electron chi connectivity index (χ3n) is 2.91. The number of sulfone groups is 1. The molecule has 132 valence electrons. The maximum Gasteiger partial charge on any atom is 0.191 e. The SMILES string of the molecule is CCNC(=NCCCS(C)(=O)=O)NCCc1ccc(F)cc1.I. The van der Waals surface area contributed by atoms with Gasteiger partial charge in [-0.25, -0.2) is 12.8 Å². The van der Waals surface area contributed by atoms with E-state index in [1.807, 2.05) is 6.92 Å². The summed E-state index contributed by atoms with van der Waals surface area (Å²) < 4.78 is 34.9. The fourth-order valence-electron chi connectivity index (χ4n) is 1.84. The van der Waals surface area contributed by atoms with Gasteiger partial charge in [-0.1, -0.05) is 12.1 Å². The maximum absolute atomic E-state index is 12.8. The van der Waals surface area contributed by atoms with E-state index in [0.717, 1.165) is 18.5 Å². The van der Waals surface area contributed by atoms with E-state index in [4.69, 9.17) is 0 Å². The Hall–Kier alpha value is -0.900. The highest BCUT2D eigenvalue weighted by Crippen LogP contribution is 2.02. The number of benzene rings is 1. The normalized spacial score (nSPS) is 11.7. The lowest BCUT2D eigenvalue weighted by atomic mass is 10.1. The summed E-state index contributed by atoms with van der Waals surface area (Å²) in [7, 11) is -2.93. The molecule has 23 heavy (non-hydrogen) atoms. The second kappa shape index (κ2) is 11.6. The molecule has 5 nitrogen and oxygen atoms in total. The summed E-state index contributed by atoms with van der Waals surface area (Å²) in [6.45, 7) is 3.82. The average Bonchev–Trinajstić information content (AvgIpc) is 2.44. The zero-order valence-electron chi connectivity index (χ0n) is 13.5. The van der Waals surface area contributed by atoms with E-state index in [2.05, 4.69) is 15.6 Å². The number of halogens is 2. The third kappa shape index (κ3) is 11.3. The Bertz CT molecular complexity index is 577. The Kier molecular flexibility index (Phi) is 11.2. The predicted octanol–water partition coefficient (Wildman–Crippen LogP) is 1.98. The second-order valence-corrected chi connectivity index (χ2v) is 7.31. The molecule has 0 bridgehead atoms. The standard InChI is InChI=1S/C15H24FN3O2S.HI/c1-3-17-15(18-10-4-12-22(2,20)21)19-11-9-13-5-7-14(16)8-6-13;/h5-8H,3-4,9-12H2,1-2H3,(H2,17,18,19);1H. The molecule has 0 atom stereocenters. The lowest BCUT2D eigenvalue weighted by Gasteiger charge is -2.11. The Labute approximate surface area is 155 Å². The summed E-state index contributed by atoms with van der Waals surface area (Å²) in [5.41, 5.74) is 1.04. The summed E-state index contributed by atoms with van der Waals surface area (Å²) in [6, 6.07) is 6.40. The first-order chi connectivity index (χ1) is 10.4. The first-order valence-corrected chi connectivity index (χ1v) is 9.41. The Balaban J connectivity index is 0.00000484. The van der Waals surface area contributed by atoms with Gasteiger partial charge in [0.15, 0.2) is 5.96 Å². The Morgan fingerprint density at radius 2 is 1.87 bits per heavy atom. The van der Waals surface area contributed by atoms with Crippen LogP contribution in [0.25, 0.3) is 0 Å². The van der Waals surface area contributed by atoms with E-state index in [0.29, 0.717) is 25.5 Å². The molecule has 0 heterocycles. The van der Waals surface area contributed by atoms with Gasteiger partial charge in [0.25, 0.3) is 0 Å². The maximum atomic E-state index is 12.8. The van der Waals surface area contributed by atoms with Crippen molar-refractivity contribution in [2.45, 2.75) is 19.8 Å². The predicted molar refractivity (Wildman–Crippen MR) is 104 cm³/mol. The van der Waals surface area contributed by atoms with Crippen LogP contribution >= 0.6 is 24.0 Å². The Morgan fingerprint density at radius 3 is 2.43 bits per heavy atom. The van der Waals surface area contributed by atoms with Crippen LogP contribution in [0.3, 0.4) is 0 Å². The summed E-state index contributed by atoms with van der Waals surface area (Å²) in [4.78, 5) is 4.33. The first kappa shape index (κ1) is 22.1. The van der Waals surface area contributed by atoms with Gasteiger partial charge in [-0.05, 0) is 37.5 Å². The van der Waals surface area contributed by atoms with E-state index in [9.17, 15) is 12.8 Å². The van der Waals surface area contributed by atoms with Crippen LogP contribution in [0.5, 0.6) is 0 Å². The number of guanidine groups is 1. The topological polar surface area (TPSA) is 70.6 Å². The molecule has 0 aliphatic rings. The van der Waals surface area contributed by atoms with Gasteiger partial charge < -0.3 is 10.6 Å². The lowest BCUT2D eigenvalue weighted by Crippen LogP contribution is -2.38. The van der Waals surface area contributed by atoms with Crippen molar-refractivity contribution in [1.82, 2.24) is 10.6 Å². The highest BCUT2D eigenvalue weighted by molar-refractivity contribution is 14.0.